The van der Waals surface area contributed by atoms with Crippen molar-refractivity contribution in [3.05, 3.63) is 29.8 Å². The first-order chi connectivity index (χ1) is 10.1. The van der Waals surface area contributed by atoms with Crippen molar-refractivity contribution in [3.8, 4) is 11.8 Å². The molecule has 0 heterocycles. The Morgan fingerprint density at radius 1 is 1.14 bits per heavy atom. The molecule has 5 heteroatoms. The lowest BCUT2D eigenvalue weighted by Crippen LogP contribution is -2.30. The van der Waals surface area contributed by atoms with Gasteiger partial charge in [-0.25, -0.2) is 13.1 Å². The minimum atomic E-state index is -3.44. The highest BCUT2D eigenvalue weighted by Gasteiger charge is 2.18. The molecule has 0 aromatic heterocycles. The first kappa shape index (κ1) is 16.0. The number of aliphatic hydroxyl groups excluding tert-OH is 1. The third-order valence-electron chi connectivity index (χ3n) is 3.76. The summed E-state index contributed by atoms with van der Waals surface area (Å²) in [6.45, 7) is 0.317. The van der Waals surface area contributed by atoms with Crippen molar-refractivity contribution in [2.75, 3.05) is 13.2 Å². The Labute approximate surface area is 126 Å². The second kappa shape index (κ2) is 7.60. The zero-order valence-corrected chi connectivity index (χ0v) is 12.8. The Bertz CT molecular complexity index is 605. The first-order valence-electron chi connectivity index (χ1n) is 7.31. The zero-order valence-electron chi connectivity index (χ0n) is 12.0. The highest BCUT2D eigenvalue weighted by Crippen LogP contribution is 2.23. The second-order valence-electron chi connectivity index (χ2n) is 5.34. The third-order valence-corrected chi connectivity index (χ3v) is 5.20. The minimum absolute atomic E-state index is 0.205. The van der Waals surface area contributed by atoms with Gasteiger partial charge in [-0.15, -0.1) is 0 Å². The fourth-order valence-corrected chi connectivity index (χ4v) is 3.68. The van der Waals surface area contributed by atoms with Gasteiger partial charge in [0.05, 0.1) is 4.90 Å². The van der Waals surface area contributed by atoms with E-state index in [1.54, 1.807) is 24.3 Å². The fraction of sp³-hybridized carbons (Fsp3) is 0.500. The molecule has 1 aliphatic carbocycles. The molecule has 21 heavy (non-hydrogen) atoms. The predicted octanol–water partition coefficient (Wildman–Crippen LogP) is 1.89. The normalized spacial score (nSPS) is 16.2. The Balaban J connectivity index is 1.98. The molecular formula is C16H21NO3S. The van der Waals surface area contributed by atoms with Gasteiger partial charge in [0.15, 0.2) is 0 Å². The lowest BCUT2D eigenvalue weighted by atomic mass is 9.90. The van der Waals surface area contributed by atoms with E-state index >= 15 is 0 Å². The number of benzene rings is 1. The fourth-order valence-electron chi connectivity index (χ4n) is 2.56. The molecule has 1 aromatic rings. The number of aliphatic hydroxyl groups is 1. The molecule has 0 atom stereocenters. The van der Waals surface area contributed by atoms with Crippen LogP contribution in [0.4, 0.5) is 0 Å². The summed E-state index contributed by atoms with van der Waals surface area (Å²) >= 11 is 0. The standard InChI is InChI=1S/C16H21NO3S/c18-12-4-7-14-8-10-16(11-9-14)21(19,20)17-13-15-5-2-1-3-6-15/h8-11,15,17-18H,1-3,5-6,12-13H2. The predicted molar refractivity (Wildman–Crippen MR) is 82.2 cm³/mol. The van der Waals surface area contributed by atoms with Gasteiger partial charge in [-0.3, -0.25) is 0 Å². The molecule has 1 aromatic carbocycles. The van der Waals surface area contributed by atoms with Crippen LogP contribution in [0.2, 0.25) is 0 Å². The van der Waals surface area contributed by atoms with Crippen LogP contribution in [0, 0.1) is 17.8 Å². The molecule has 0 spiro atoms. The van der Waals surface area contributed by atoms with Crippen LogP contribution in [-0.4, -0.2) is 26.7 Å². The molecular weight excluding hydrogens is 286 g/mol. The van der Waals surface area contributed by atoms with Gasteiger partial charge in [-0.2, -0.15) is 0 Å². The van der Waals surface area contributed by atoms with Gasteiger partial charge >= 0.3 is 0 Å². The van der Waals surface area contributed by atoms with Crippen LogP contribution < -0.4 is 4.72 Å². The number of hydrogen-bond donors (Lipinski definition) is 2. The van der Waals surface area contributed by atoms with Gasteiger partial charge in [0, 0.05) is 12.1 Å². The number of hydrogen-bond acceptors (Lipinski definition) is 3. The molecule has 1 saturated carbocycles. The van der Waals surface area contributed by atoms with Crippen LogP contribution in [0.15, 0.2) is 29.2 Å². The SMILES string of the molecule is O=S(=O)(NCC1CCCCC1)c1ccc(C#CCO)cc1. The van der Waals surface area contributed by atoms with Crippen LogP contribution in [-0.2, 0) is 10.0 Å². The van der Waals surface area contributed by atoms with Crippen LogP contribution in [0.5, 0.6) is 0 Å². The molecule has 4 nitrogen and oxygen atoms in total. The lowest BCUT2D eigenvalue weighted by Gasteiger charge is -2.21. The van der Waals surface area contributed by atoms with E-state index in [1.165, 1.54) is 19.3 Å². The van der Waals surface area contributed by atoms with Crippen molar-refractivity contribution in [1.29, 1.82) is 0 Å². The largest absolute Gasteiger partial charge is 0.384 e. The maximum Gasteiger partial charge on any atom is 0.240 e. The summed E-state index contributed by atoms with van der Waals surface area (Å²) in [5, 5.41) is 8.63. The van der Waals surface area contributed by atoms with Crippen molar-refractivity contribution in [2.45, 2.75) is 37.0 Å². The molecule has 1 fully saturated rings. The topological polar surface area (TPSA) is 66.4 Å². The van der Waals surface area contributed by atoms with Crippen molar-refractivity contribution in [2.24, 2.45) is 5.92 Å². The quantitative estimate of drug-likeness (QED) is 0.835. The van der Waals surface area contributed by atoms with Gasteiger partial charge in [-0.1, -0.05) is 31.1 Å². The van der Waals surface area contributed by atoms with Crippen molar-refractivity contribution >= 4 is 10.0 Å². The van der Waals surface area contributed by atoms with Gasteiger partial charge in [0.2, 0.25) is 10.0 Å². The summed E-state index contributed by atoms with van der Waals surface area (Å²) in [5.74, 6) is 5.73. The van der Waals surface area contributed by atoms with E-state index in [2.05, 4.69) is 16.6 Å². The summed E-state index contributed by atoms with van der Waals surface area (Å²) in [4.78, 5) is 0.257. The third kappa shape index (κ3) is 4.85. The van der Waals surface area contributed by atoms with Crippen molar-refractivity contribution in [3.63, 3.8) is 0 Å². The van der Waals surface area contributed by atoms with Gasteiger partial charge in [0.1, 0.15) is 6.61 Å². The van der Waals surface area contributed by atoms with Crippen LogP contribution >= 0.6 is 0 Å². The van der Waals surface area contributed by atoms with Gasteiger partial charge in [-0.05, 0) is 43.0 Å². The van der Waals surface area contributed by atoms with Crippen molar-refractivity contribution < 1.29 is 13.5 Å². The number of nitrogens with one attached hydrogen (secondary N) is 1. The van der Waals surface area contributed by atoms with Gasteiger partial charge in [0.25, 0.3) is 0 Å². The van der Waals surface area contributed by atoms with Crippen LogP contribution in [0.25, 0.3) is 0 Å². The Morgan fingerprint density at radius 2 is 1.81 bits per heavy atom. The molecule has 1 aliphatic rings. The summed E-state index contributed by atoms with van der Waals surface area (Å²) in [5.41, 5.74) is 0.690. The molecule has 0 bridgehead atoms. The van der Waals surface area contributed by atoms with E-state index in [-0.39, 0.29) is 11.5 Å². The van der Waals surface area contributed by atoms with Crippen LogP contribution in [0.1, 0.15) is 37.7 Å². The Hall–Kier alpha value is -1.35. The molecule has 0 saturated heterocycles. The van der Waals surface area contributed by atoms with E-state index in [4.69, 9.17) is 5.11 Å². The zero-order chi connectivity index (χ0) is 15.1. The number of sulfonamides is 1. The minimum Gasteiger partial charge on any atom is -0.384 e. The van der Waals surface area contributed by atoms with E-state index < -0.39 is 10.0 Å². The van der Waals surface area contributed by atoms with Gasteiger partial charge < -0.3 is 5.11 Å². The summed E-state index contributed by atoms with van der Waals surface area (Å²) < 4.78 is 27.1. The second-order valence-corrected chi connectivity index (χ2v) is 7.11. The number of rotatable bonds is 4. The monoisotopic (exact) mass is 307 g/mol. The molecule has 2 N–H and O–H groups in total. The van der Waals surface area contributed by atoms with Crippen LogP contribution in [0.3, 0.4) is 0 Å². The molecule has 0 aliphatic heterocycles. The molecule has 0 amide bonds. The molecule has 0 unspecified atom stereocenters. The van der Waals surface area contributed by atoms with E-state index in [0.717, 1.165) is 12.8 Å². The average Bonchev–Trinajstić information content (AvgIpc) is 2.52. The maximum absolute atomic E-state index is 12.2. The maximum atomic E-state index is 12.2. The molecule has 2 rings (SSSR count). The summed E-state index contributed by atoms with van der Waals surface area (Å²) in [6, 6.07) is 6.39. The highest BCUT2D eigenvalue weighted by molar-refractivity contribution is 7.89. The Kier molecular flexibility index (Phi) is 5.80. The smallest absolute Gasteiger partial charge is 0.240 e. The van der Waals surface area contributed by atoms with E-state index in [9.17, 15) is 8.42 Å². The van der Waals surface area contributed by atoms with E-state index in [1.807, 2.05) is 0 Å². The summed E-state index contributed by atoms with van der Waals surface area (Å²) in [6.07, 6.45) is 5.88. The average molecular weight is 307 g/mol. The Morgan fingerprint density at radius 3 is 2.43 bits per heavy atom. The van der Waals surface area contributed by atoms with E-state index in [0.29, 0.717) is 18.0 Å². The highest BCUT2D eigenvalue weighted by atomic mass is 32.2. The van der Waals surface area contributed by atoms with Crippen molar-refractivity contribution in [1.82, 2.24) is 4.72 Å². The first-order valence-corrected chi connectivity index (χ1v) is 8.79. The lowest BCUT2D eigenvalue weighted by molar-refractivity contribution is 0.350. The molecule has 0 radical (unpaired) electrons. The molecule has 114 valence electrons. The summed E-state index contributed by atoms with van der Waals surface area (Å²) in [7, 11) is -3.44.